The minimum Gasteiger partial charge on any atom is -0.481 e. The summed E-state index contributed by atoms with van der Waals surface area (Å²) in [5, 5.41) is 14.1. The predicted molar refractivity (Wildman–Crippen MR) is 74.5 cm³/mol. The molecular weight excluding hydrogens is 262 g/mol. The Hall–Kier alpha value is -1.36. The molecule has 0 saturated heterocycles. The normalized spacial score (nSPS) is 23.6. The summed E-state index contributed by atoms with van der Waals surface area (Å²) in [7, 11) is 0. The minimum absolute atomic E-state index is 0.134. The van der Waals surface area contributed by atoms with E-state index in [9.17, 15) is 14.7 Å². The molecule has 1 saturated carbocycles. The van der Waals surface area contributed by atoms with Crippen LogP contribution in [0.3, 0.4) is 0 Å². The second kappa shape index (κ2) is 6.19. The van der Waals surface area contributed by atoms with Crippen LogP contribution in [0.25, 0.3) is 0 Å². The summed E-state index contributed by atoms with van der Waals surface area (Å²) in [4.78, 5) is 24.2. The van der Waals surface area contributed by atoms with Crippen molar-refractivity contribution >= 4 is 23.2 Å². The molecule has 1 heterocycles. The number of aliphatic carboxylic acids is 1. The van der Waals surface area contributed by atoms with Gasteiger partial charge in [0.05, 0.1) is 10.8 Å². The molecule has 2 rings (SSSR count). The summed E-state index contributed by atoms with van der Waals surface area (Å²) >= 11 is 1.40. The smallest absolute Gasteiger partial charge is 0.308 e. The summed E-state index contributed by atoms with van der Waals surface area (Å²) in [5.41, 5.74) is 0.947. The van der Waals surface area contributed by atoms with Gasteiger partial charge in [-0.25, -0.2) is 0 Å². The number of rotatable bonds is 3. The molecule has 0 unspecified atom stereocenters. The van der Waals surface area contributed by atoms with Crippen LogP contribution in [0, 0.1) is 12.8 Å². The third kappa shape index (κ3) is 3.35. The van der Waals surface area contributed by atoms with E-state index in [4.69, 9.17) is 0 Å². The predicted octanol–water partition coefficient (Wildman–Crippen LogP) is 2.82. The fraction of sp³-hybridized carbons (Fsp3) is 0.571. The van der Waals surface area contributed by atoms with Crippen molar-refractivity contribution in [2.45, 2.75) is 45.1 Å². The Labute approximate surface area is 116 Å². The Morgan fingerprint density at radius 3 is 2.68 bits per heavy atom. The summed E-state index contributed by atoms with van der Waals surface area (Å²) in [6.45, 7) is 1.90. The molecule has 0 radical (unpaired) electrons. The highest BCUT2D eigenvalue weighted by Gasteiger charge is 2.31. The first-order valence-electron chi connectivity index (χ1n) is 6.67. The van der Waals surface area contributed by atoms with Crippen LogP contribution in [0.4, 0.5) is 0 Å². The molecule has 0 aliphatic heterocycles. The molecule has 1 aliphatic rings. The molecule has 1 fully saturated rings. The van der Waals surface area contributed by atoms with Crippen molar-refractivity contribution in [3.63, 3.8) is 0 Å². The maximum absolute atomic E-state index is 12.2. The third-order valence-corrected chi connectivity index (χ3v) is 4.73. The van der Waals surface area contributed by atoms with Crippen molar-refractivity contribution < 1.29 is 14.7 Å². The van der Waals surface area contributed by atoms with Crippen LogP contribution in [0.5, 0.6) is 0 Å². The molecular formula is C14H19NO3S. The van der Waals surface area contributed by atoms with E-state index in [1.54, 1.807) is 0 Å². The first-order chi connectivity index (χ1) is 9.09. The Balaban J connectivity index is 2.08. The quantitative estimate of drug-likeness (QED) is 0.837. The van der Waals surface area contributed by atoms with Gasteiger partial charge in [-0.15, -0.1) is 11.3 Å². The molecule has 0 aromatic carbocycles. The Morgan fingerprint density at radius 2 is 2.05 bits per heavy atom. The number of nitrogens with one attached hydrogen (secondary N) is 1. The molecule has 0 spiro atoms. The highest BCUT2D eigenvalue weighted by atomic mass is 32.1. The first-order valence-corrected chi connectivity index (χ1v) is 7.55. The van der Waals surface area contributed by atoms with Gasteiger partial charge in [-0.1, -0.05) is 19.3 Å². The molecule has 1 amide bonds. The van der Waals surface area contributed by atoms with Gasteiger partial charge in [-0.2, -0.15) is 0 Å². The van der Waals surface area contributed by atoms with Crippen LogP contribution in [0.2, 0.25) is 0 Å². The van der Waals surface area contributed by atoms with Crippen LogP contribution in [0.1, 0.15) is 47.3 Å². The van der Waals surface area contributed by atoms with Gasteiger partial charge in [0.2, 0.25) is 0 Å². The molecule has 0 bridgehead atoms. The second-order valence-corrected chi connectivity index (χ2v) is 6.01. The molecule has 2 N–H and O–H groups in total. The molecule has 1 aromatic rings. The van der Waals surface area contributed by atoms with Crippen molar-refractivity contribution in [3.8, 4) is 0 Å². The van der Waals surface area contributed by atoms with Crippen molar-refractivity contribution in [3.05, 3.63) is 21.9 Å². The molecule has 1 aliphatic carbocycles. The monoisotopic (exact) mass is 281 g/mol. The van der Waals surface area contributed by atoms with E-state index in [-0.39, 0.29) is 11.9 Å². The minimum atomic E-state index is -0.796. The summed E-state index contributed by atoms with van der Waals surface area (Å²) in [6, 6.07) is 1.66. The molecule has 19 heavy (non-hydrogen) atoms. The van der Waals surface area contributed by atoms with E-state index >= 15 is 0 Å². The lowest BCUT2D eigenvalue weighted by Gasteiger charge is -2.22. The third-order valence-electron chi connectivity index (χ3n) is 3.72. The van der Waals surface area contributed by atoms with Crippen LogP contribution in [-0.4, -0.2) is 23.0 Å². The van der Waals surface area contributed by atoms with Gasteiger partial charge in [-0.3, -0.25) is 9.59 Å². The molecule has 104 valence electrons. The van der Waals surface area contributed by atoms with Gasteiger partial charge in [-0.05, 0) is 36.8 Å². The van der Waals surface area contributed by atoms with Crippen LogP contribution >= 0.6 is 11.3 Å². The van der Waals surface area contributed by atoms with Crippen molar-refractivity contribution in [2.75, 3.05) is 0 Å². The molecule has 2 atom stereocenters. The van der Waals surface area contributed by atoms with E-state index in [2.05, 4.69) is 5.32 Å². The lowest BCUT2D eigenvalue weighted by atomic mass is 9.95. The van der Waals surface area contributed by atoms with Gasteiger partial charge in [0.25, 0.3) is 5.91 Å². The SMILES string of the molecule is Cc1ccsc1C(=O)N[C@H]1CCCCC[C@H]1C(=O)O. The zero-order chi connectivity index (χ0) is 13.8. The van der Waals surface area contributed by atoms with Crippen LogP contribution < -0.4 is 5.32 Å². The number of carbonyl (C=O) groups is 2. The maximum atomic E-state index is 12.2. The molecule has 4 nitrogen and oxygen atoms in total. The Kier molecular flexibility index (Phi) is 4.58. The zero-order valence-electron chi connectivity index (χ0n) is 11.0. The highest BCUT2D eigenvalue weighted by molar-refractivity contribution is 7.12. The number of amides is 1. The average molecular weight is 281 g/mol. The Bertz CT molecular complexity index is 469. The fourth-order valence-corrected chi connectivity index (χ4v) is 3.44. The summed E-state index contributed by atoms with van der Waals surface area (Å²) in [5.74, 6) is -1.38. The number of aryl methyl sites for hydroxylation is 1. The summed E-state index contributed by atoms with van der Waals surface area (Å²) < 4.78 is 0. The van der Waals surface area contributed by atoms with Crippen LogP contribution in [-0.2, 0) is 4.79 Å². The number of carboxylic acid groups (broad SMARTS) is 1. The van der Waals surface area contributed by atoms with E-state index in [0.29, 0.717) is 11.3 Å². The van der Waals surface area contributed by atoms with Crippen molar-refractivity contribution in [2.24, 2.45) is 5.92 Å². The van der Waals surface area contributed by atoms with E-state index in [0.717, 1.165) is 31.2 Å². The Morgan fingerprint density at radius 1 is 1.32 bits per heavy atom. The number of thiophene rings is 1. The topological polar surface area (TPSA) is 66.4 Å². The van der Waals surface area contributed by atoms with E-state index in [1.807, 2.05) is 18.4 Å². The number of hydrogen-bond acceptors (Lipinski definition) is 3. The summed E-state index contributed by atoms with van der Waals surface area (Å²) in [6.07, 6.45) is 4.38. The number of hydrogen-bond donors (Lipinski definition) is 2. The standard InChI is InChI=1S/C14H19NO3S/c1-9-7-8-19-12(9)13(16)15-11-6-4-2-3-5-10(11)14(17)18/h7-8,10-11H,2-6H2,1H3,(H,15,16)(H,17,18)/t10-,11+/m1/s1. The van der Waals surface area contributed by atoms with Gasteiger partial charge in [0.1, 0.15) is 0 Å². The lowest BCUT2D eigenvalue weighted by molar-refractivity contribution is -0.142. The number of carboxylic acids is 1. The van der Waals surface area contributed by atoms with Gasteiger partial charge < -0.3 is 10.4 Å². The van der Waals surface area contributed by atoms with Gasteiger partial charge >= 0.3 is 5.97 Å². The van der Waals surface area contributed by atoms with Crippen molar-refractivity contribution in [1.29, 1.82) is 0 Å². The van der Waals surface area contributed by atoms with Crippen LogP contribution in [0.15, 0.2) is 11.4 Å². The largest absolute Gasteiger partial charge is 0.481 e. The molecule has 1 aromatic heterocycles. The second-order valence-electron chi connectivity index (χ2n) is 5.10. The van der Waals surface area contributed by atoms with E-state index in [1.165, 1.54) is 11.3 Å². The van der Waals surface area contributed by atoms with Gasteiger partial charge in [0.15, 0.2) is 0 Å². The van der Waals surface area contributed by atoms with Gasteiger partial charge in [0, 0.05) is 6.04 Å². The lowest BCUT2D eigenvalue weighted by Crippen LogP contribution is -2.42. The highest BCUT2D eigenvalue weighted by Crippen LogP contribution is 2.25. The first kappa shape index (κ1) is 14.1. The van der Waals surface area contributed by atoms with Crippen molar-refractivity contribution in [1.82, 2.24) is 5.32 Å². The fourth-order valence-electron chi connectivity index (χ4n) is 2.62. The number of carbonyl (C=O) groups excluding carboxylic acids is 1. The molecule has 5 heteroatoms. The van der Waals surface area contributed by atoms with E-state index < -0.39 is 11.9 Å². The maximum Gasteiger partial charge on any atom is 0.308 e. The average Bonchev–Trinajstić information content (AvgIpc) is 2.65. The zero-order valence-corrected chi connectivity index (χ0v) is 11.8.